The van der Waals surface area contributed by atoms with Gasteiger partial charge in [0.2, 0.25) is 11.9 Å². The number of rotatable bonds is 4. The van der Waals surface area contributed by atoms with Crippen LogP contribution in [-0.2, 0) is 11.2 Å². The molecule has 0 atom stereocenters. The fraction of sp³-hybridized carbons (Fsp3) is 0.333. The first-order valence-electron chi connectivity index (χ1n) is 9.04. The van der Waals surface area contributed by atoms with Gasteiger partial charge in [-0.2, -0.15) is 0 Å². The van der Waals surface area contributed by atoms with Crippen LogP contribution in [0.15, 0.2) is 48.5 Å². The number of anilines is 1. The van der Waals surface area contributed by atoms with Crippen molar-refractivity contribution in [3.63, 3.8) is 0 Å². The minimum Gasteiger partial charge on any atom is -0.307 e. The van der Waals surface area contributed by atoms with Crippen molar-refractivity contribution in [2.45, 2.75) is 45.1 Å². The molecule has 1 heterocycles. The van der Waals surface area contributed by atoms with Crippen molar-refractivity contribution in [1.29, 1.82) is 0 Å². The van der Waals surface area contributed by atoms with Crippen molar-refractivity contribution in [3.8, 4) is 0 Å². The third-order valence-electron chi connectivity index (χ3n) is 5.15. The Kier molecular flexibility index (Phi) is 4.26. The van der Waals surface area contributed by atoms with Crippen molar-refractivity contribution < 1.29 is 4.79 Å². The second-order valence-corrected chi connectivity index (χ2v) is 6.88. The van der Waals surface area contributed by atoms with Crippen LogP contribution >= 0.6 is 0 Å². The van der Waals surface area contributed by atoms with Gasteiger partial charge in [-0.05, 0) is 43.0 Å². The molecular formula is C21H23N3O. The lowest BCUT2D eigenvalue weighted by Crippen LogP contribution is -2.19. The number of fused-ring (bicyclic) bond motifs is 1. The maximum Gasteiger partial charge on any atom is 0.231 e. The molecule has 0 bridgehead atoms. The summed E-state index contributed by atoms with van der Waals surface area (Å²) in [5.74, 6) is 0.676. The number of hydrogen-bond donors (Lipinski definition) is 1. The Balaban J connectivity index is 1.63. The van der Waals surface area contributed by atoms with Gasteiger partial charge < -0.3 is 4.57 Å². The maximum atomic E-state index is 12.6. The number of nitrogens with zero attached hydrogens (tertiary/aromatic N) is 2. The number of hydrogen-bond acceptors (Lipinski definition) is 2. The molecular weight excluding hydrogens is 310 g/mol. The van der Waals surface area contributed by atoms with Crippen LogP contribution in [0.5, 0.6) is 0 Å². The molecule has 1 aliphatic carbocycles. The molecule has 2 aromatic carbocycles. The van der Waals surface area contributed by atoms with Crippen molar-refractivity contribution in [1.82, 2.24) is 9.55 Å². The number of aryl methyl sites for hydroxylation is 1. The summed E-state index contributed by atoms with van der Waals surface area (Å²) in [5.41, 5.74) is 4.26. The number of carbonyl (C=O) groups is 1. The van der Waals surface area contributed by atoms with Crippen LogP contribution in [0.1, 0.15) is 42.9 Å². The van der Waals surface area contributed by atoms with Crippen LogP contribution in [0, 0.1) is 6.92 Å². The number of nitrogens with one attached hydrogen (secondary N) is 1. The zero-order chi connectivity index (χ0) is 17.2. The van der Waals surface area contributed by atoms with E-state index in [1.165, 1.54) is 12.8 Å². The predicted molar refractivity (Wildman–Crippen MR) is 101 cm³/mol. The highest BCUT2D eigenvalue weighted by atomic mass is 16.1. The van der Waals surface area contributed by atoms with Crippen molar-refractivity contribution in [3.05, 3.63) is 59.7 Å². The van der Waals surface area contributed by atoms with Crippen molar-refractivity contribution in [2.75, 3.05) is 5.32 Å². The van der Waals surface area contributed by atoms with Gasteiger partial charge in [-0.1, -0.05) is 49.2 Å². The second kappa shape index (κ2) is 6.71. The van der Waals surface area contributed by atoms with E-state index in [1.807, 2.05) is 49.4 Å². The molecule has 4 nitrogen and oxygen atoms in total. The van der Waals surface area contributed by atoms with E-state index in [-0.39, 0.29) is 5.91 Å². The minimum atomic E-state index is -0.0103. The number of benzene rings is 2. The Bertz CT molecular complexity index is 906. The van der Waals surface area contributed by atoms with Crippen molar-refractivity contribution >= 4 is 22.9 Å². The normalized spacial score (nSPS) is 14.9. The lowest BCUT2D eigenvalue weighted by atomic mass is 10.1. The molecule has 1 aliphatic rings. The van der Waals surface area contributed by atoms with Crippen LogP contribution in [0.2, 0.25) is 0 Å². The van der Waals surface area contributed by atoms with E-state index in [0.29, 0.717) is 18.4 Å². The Morgan fingerprint density at radius 2 is 1.84 bits per heavy atom. The van der Waals surface area contributed by atoms with Gasteiger partial charge in [0.1, 0.15) is 0 Å². The van der Waals surface area contributed by atoms with Crippen LogP contribution in [-0.4, -0.2) is 15.5 Å². The highest BCUT2D eigenvalue weighted by Gasteiger charge is 2.23. The topological polar surface area (TPSA) is 46.9 Å². The maximum absolute atomic E-state index is 12.6. The zero-order valence-corrected chi connectivity index (χ0v) is 14.5. The minimum absolute atomic E-state index is 0.0103. The lowest BCUT2D eigenvalue weighted by Gasteiger charge is -2.16. The van der Waals surface area contributed by atoms with Crippen LogP contribution in [0.4, 0.5) is 5.95 Å². The fourth-order valence-electron chi connectivity index (χ4n) is 3.82. The number of aromatic nitrogens is 2. The molecule has 0 saturated heterocycles. The summed E-state index contributed by atoms with van der Waals surface area (Å²) in [4.78, 5) is 17.3. The van der Waals surface area contributed by atoms with Gasteiger partial charge in [-0.3, -0.25) is 10.1 Å². The fourth-order valence-corrected chi connectivity index (χ4v) is 3.82. The number of para-hydroxylation sites is 2. The van der Waals surface area contributed by atoms with E-state index < -0.39 is 0 Å². The molecule has 0 aliphatic heterocycles. The molecule has 4 heteroatoms. The third-order valence-corrected chi connectivity index (χ3v) is 5.15. The van der Waals surface area contributed by atoms with Gasteiger partial charge in [-0.15, -0.1) is 0 Å². The SMILES string of the molecule is Cc1ccccc1CC(=O)Nc1nc2ccccc2n1C1CCCC1. The first kappa shape index (κ1) is 15.9. The molecule has 3 aromatic rings. The first-order chi connectivity index (χ1) is 12.2. The van der Waals surface area contributed by atoms with Gasteiger partial charge in [0, 0.05) is 6.04 Å². The average molecular weight is 333 g/mol. The van der Waals surface area contributed by atoms with Gasteiger partial charge in [-0.25, -0.2) is 4.98 Å². The molecule has 1 N–H and O–H groups in total. The molecule has 4 rings (SSSR count). The molecule has 1 amide bonds. The smallest absolute Gasteiger partial charge is 0.231 e. The molecule has 0 radical (unpaired) electrons. The summed E-state index contributed by atoms with van der Waals surface area (Å²) < 4.78 is 2.23. The number of imidazole rings is 1. The van der Waals surface area contributed by atoms with E-state index >= 15 is 0 Å². The molecule has 128 valence electrons. The molecule has 1 aromatic heterocycles. The summed E-state index contributed by atoms with van der Waals surface area (Å²) in [6.07, 6.45) is 5.17. The summed E-state index contributed by atoms with van der Waals surface area (Å²) in [6.45, 7) is 2.04. The average Bonchev–Trinajstić information content (AvgIpc) is 3.23. The van der Waals surface area contributed by atoms with Gasteiger partial charge in [0.05, 0.1) is 17.5 Å². The Labute approximate surface area is 147 Å². The van der Waals surface area contributed by atoms with Gasteiger partial charge >= 0.3 is 0 Å². The number of carbonyl (C=O) groups excluding carboxylic acids is 1. The van der Waals surface area contributed by atoms with Gasteiger partial charge in [0.15, 0.2) is 0 Å². The first-order valence-corrected chi connectivity index (χ1v) is 9.04. The highest BCUT2D eigenvalue weighted by Crippen LogP contribution is 2.35. The van der Waals surface area contributed by atoms with E-state index in [0.717, 1.165) is 35.0 Å². The van der Waals surface area contributed by atoms with Crippen molar-refractivity contribution in [2.24, 2.45) is 0 Å². The second-order valence-electron chi connectivity index (χ2n) is 6.88. The standard InChI is InChI=1S/C21H23N3O/c1-15-8-2-3-9-16(15)14-20(25)23-21-22-18-12-6-7-13-19(18)24(21)17-10-4-5-11-17/h2-3,6-9,12-13,17H,4-5,10-11,14H2,1H3,(H,22,23,25). The monoisotopic (exact) mass is 333 g/mol. The third kappa shape index (κ3) is 3.16. The summed E-state index contributed by atoms with van der Waals surface area (Å²) in [5, 5.41) is 3.07. The predicted octanol–water partition coefficient (Wildman–Crippen LogP) is 4.64. The lowest BCUT2D eigenvalue weighted by molar-refractivity contribution is -0.115. The van der Waals surface area contributed by atoms with Crippen LogP contribution in [0.25, 0.3) is 11.0 Å². The summed E-state index contributed by atoms with van der Waals surface area (Å²) >= 11 is 0. The largest absolute Gasteiger partial charge is 0.307 e. The van der Waals surface area contributed by atoms with E-state index in [1.54, 1.807) is 0 Å². The highest BCUT2D eigenvalue weighted by molar-refractivity contribution is 5.93. The molecule has 1 fully saturated rings. The summed E-state index contributed by atoms with van der Waals surface area (Å²) in [6, 6.07) is 16.6. The van der Waals surface area contributed by atoms with E-state index in [2.05, 4.69) is 16.0 Å². The number of amides is 1. The molecule has 1 saturated carbocycles. The van der Waals surface area contributed by atoms with E-state index in [9.17, 15) is 4.79 Å². The summed E-state index contributed by atoms with van der Waals surface area (Å²) in [7, 11) is 0. The zero-order valence-electron chi connectivity index (χ0n) is 14.5. The Hall–Kier alpha value is -2.62. The Morgan fingerprint density at radius 1 is 1.12 bits per heavy atom. The molecule has 0 spiro atoms. The molecule has 25 heavy (non-hydrogen) atoms. The van der Waals surface area contributed by atoms with Gasteiger partial charge in [0.25, 0.3) is 0 Å². The molecule has 0 unspecified atom stereocenters. The quantitative estimate of drug-likeness (QED) is 0.756. The van der Waals surface area contributed by atoms with Crippen LogP contribution in [0.3, 0.4) is 0 Å². The van der Waals surface area contributed by atoms with E-state index in [4.69, 9.17) is 4.98 Å². The Morgan fingerprint density at radius 3 is 2.64 bits per heavy atom. The van der Waals surface area contributed by atoms with Crippen LogP contribution < -0.4 is 5.32 Å².